The molecule has 0 aromatic heterocycles. The highest BCUT2D eigenvalue weighted by molar-refractivity contribution is 5.82. The summed E-state index contributed by atoms with van der Waals surface area (Å²) in [5.74, 6) is 2.12. The van der Waals surface area contributed by atoms with E-state index in [9.17, 15) is 0 Å². The van der Waals surface area contributed by atoms with E-state index in [0.29, 0.717) is 10.8 Å². The van der Waals surface area contributed by atoms with Crippen LogP contribution in [0.15, 0.2) is 4.99 Å². The van der Waals surface area contributed by atoms with Crippen LogP contribution in [-0.2, 0) is 0 Å². The number of likely N-dealkylation sites (tertiary alicyclic amines) is 1. The van der Waals surface area contributed by atoms with Gasteiger partial charge in [-0.2, -0.15) is 0 Å². The Balaban J connectivity index is 1.60. The Morgan fingerprint density at radius 2 is 1.84 bits per heavy atom. The molecule has 2 aliphatic carbocycles. The molecule has 1 N–H and O–H groups in total. The van der Waals surface area contributed by atoms with Gasteiger partial charge in [0.1, 0.15) is 0 Å². The first kappa shape index (κ1) is 13.3. The van der Waals surface area contributed by atoms with E-state index in [4.69, 9.17) is 0 Å². The van der Waals surface area contributed by atoms with Crippen LogP contribution in [0.25, 0.3) is 0 Å². The number of nitrogens with zero attached hydrogens (tertiary/aromatic N) is 2. The van der Waals surface area contributed by atoms with Crippen molar-refractivity contribution < 1.29 is 0 Å². The van der Waals surface area contributed by atoms with Crippen molar-refractivity contribution in [2.75, 3.05) is 20.1 Å². The third-order valence-electron chi connectivity index (χ3n) is 6.29. The zero-order valence-corrected chi connectivity index (χ0v) is 13.2. The Labute approximate surface area is 117 Å². The summed E-state index contributed by atoms with van der Waals surface area (Å²) in [5, 5.41) is 3.66. The Kier molecular flexibility index (Phi) is 2.72. The molecule has 3 heteroatoms. The van der Waals surface area contributed by atoms with E-state index in [0.717, 1.165) is 25.0 Å². The fraction of sp³-hybridized carbons (Fsp3) is 0.938. The van der Waals surface area contributed by atoms with Crippen molar-refractivity contribution in [2.45, 2.75) is 58.9 Å². The Hall–Kier alpha value is -0.730. The lowest BCUT2D eigenvalue weighted by Gasteiger charge is -2.62. The van der Waals surface area contributed by atoms with E-state index < -0.39 is 0 Å². The highest BCUT2D eigenvalue weighted by Crippen LogP contribution is 2.60. The maximum atomic E-state index is 4.51. The molecular formula is C16H29N3. The lowest BCUT2D eigenvalue weighted by Crippen LogP contribution is -2.72. The molecule has 1 saturated heterocycles. The van der Waals surface area contributed by atoms with Gasteiger partial charge in [-0.1, -0.05) is 13.8 Å². The summed E-state index contributed by atoms with van der Waals surface area (Å²) < 4.78 is 0. The molecule has 0 spiro atoms. The zero-order chi connectivity index (χ0) is 13.9. The normalized spacial score (nSPS) is 30.8. The minimum absolute atomic E-state index is 0.200. The number of guanidine groups is 1. The SMILES string of the molecule is CN=C(NCC1(C2CC2)CC1)N1CC(C)(C)C1(C)C. The van der Waals surface area contributed by atoms with Crippen LogP contribution in [0.1, 0.15) is 53.4 Å². The van der Waals surface area contributed by atoms with Gasteiger partial charge in [-0.3, -0.25) is 4.99 Å². The smallest absolute Gasteiger partial charge is 0.194 e. The van der Waals surface area contributed by atoms with Gasteiger partial charge in [0.2, 0.25) is 0 Å². The highest BCUT2D eigenvalue weighted by atomic mass is 15.4. The molecule has 0 aromatic rings. The maximum Gasteiger partial charge on any atom is 0.194 e. The monoisotopic (exact) mass is 263 g/mol. The summed E-state index contributed by atoms with van der Waals surface area (Å²) in [5.41, 5.74) is 1.21. The van der Waals surface area contributed by atoms with E-state index in [1.165, 1.54) is 25.7 Å². The van der Waals surface area contributed by atoms with Crippen LogP contribution < -0.4 is 5.32 Å². The molecule has 19 heavy (non-hydrogen) atoms. The second-order valence-electron chi connectivity index (χ2n) is 8.07. The molecule has 108 valence electrons. The lowest BCUT2D eigenvalue weighted by molar-refractivity contribution is -0.0669. The first-order valence-electron chi connectivity index (χ1n) is 7.81. The van der Waals surface area contributed by atoms with Crippen LogP contribution in [-0.4, -0.2) is 36.5 Å². The number of nitrogens with one attached hydrogen (secondary N) is 1. The molecule has 3 nitrogen and oxygen atoms in total. The van der Waals surface area contributed by atoms with Gasteiger partial charge in [-0.25, -0.2) is 0 Å². The lowest BCUT2D eigenvalue weighted by atomic mass is 9.65. The summed E-state index contributed by atoms with van der Waals surface area (Å²) in [7, 11) is 1.92. The topological polar surface area (TPSA) is 27.6 Å². The Morgan fingerprint density at radius 3 is 2.21 bits per heavy atom. The van der Waals surface area contributed by atoms with Gasteiger partial charge in [-0.05, 0) is 50.9 Å². The van der Waals surface area contributed by atoms with E-state index in [1.54, 1.807) is 0 Å². The molecule has 1 aliphatic heterocycles. The molecule has 0 atom stereocenters. The van der Waals surface area contributed by atoms with Crippen molar-refractivity contribution in [2.24, 2.45) is 21.7 Å². The van der Waals surface area contributed by atoms with Crippen LogP contribution in [0, 0.1) is 16.7 Å². The van der Waals surface area contributed by atoms with Crippen molar-refractivity contribution in [3.63, 3.8) is 0 Å². The first-order chi connectivity index (χ1) is 8.82. The van der Waals surface area contributed by atoms with E-state index in [2.05, 4.69) is 42.9 Å². The van der Waals surface area contributed by atoms with Crippen LogP contribution in [0.4, 0.5) is 0 Å². The minimum atomic E-state index is 0.200. The average molecular weight is 263 g/mol. The molecule has 1 heterocycles. The first-order valence-corrected chi connectivity index (χ1v) is 7.81. The molecule has 0 radical (unpaired) electrons. The van der Waals surface area contributed by atoms with Gasteiger partial charge >= 0.3 is 0 Å². The molecule has 0 aromatic carbocycles. The van der Waals surface area contributed by atoms with Gasteiger partial charge in [0.25, 0.3) is 0 Å². The molecule has 0 unspecified atom stereocenters. The van der Waals surface area contributed by atoms with Crippen molar-refractivity contribution in [3.05, 3.63) is 0 Å². The molecule has 0 bridgehead atoms. The number of hydrogen-bond donors (Lipinski definition) is 1. The van der Waals surface area contributed by atoms with Crippen molar-refractivity contribution in [1.29, 1.82) is 0 Å². The molecule has 2 saturated carbocycles. The number of hydrogen-bond acceptors (Lipinski definition) is 1. The van der Waals surface area contributed by atoms with Crippen LogP contribution in [0.2, 0.25) is 0 Å². The second kappa shape index (κ2) is 3.89. The quantitative estimate of drug-likeness (QED) is 0.626. The van der Waals surface area contributed by atoms with Crippen LogP contribution in [0.3, 0.4) is 0 Å². The van der Waals surface area contributed by atoms with Gasteiger partial charge in [0.05, 0.1) is 0 Å². The van der Waals surface area contributed by atoms with Crippen LogP contribution >= 0.6 is 0 Å². The Bertz CT molecular complexity index is 400. The summed E-state index contributed by atoms with van der Waals surface area (Å²) >= 11 is 0. The molecule has 3 rings (SSSR count). The fourth-order valence-corrected chi connectivity index (χ4v) is 3.54. The predicted molar refractivity (Wildman–Crippen MR) is 80.3 cm³/mol. The summed E-state index contributed by atoms with van der Waals surface area (Å²) in [6.45, 7) is 11.6. The minimum Gasteiger partial charge on any atom is -0.356 e. The largest absolute Gasteiger partial charge is 0.356 e. The van der Waals surface area contributed by atoms with Crippen molar-refractivity contribution in [1.82, 2.24) is 10.2 Å². The highest BCUT2D eigenvalue weighted by Gasteiger charge is 2.56. The third-order valence-corrected chi connectivity index (χ3v) is 6.29. The summed E-state index contributed by atoms with van der Waals surface area (Å²) in [4.78, 5) is 6.95. The molecule has 0 amide bonds. The standard InChI is InChI=1S/C16H29N3/c1-14(2)11-19(15(14,3)4)13(17-5)18-10-16(8-9-16)12-6-7-12/h12H,6-11H2,1-5H3,(H,17,18). The molecule has 3 aliphatic rings. The van der Waals surface area contributed by atoms with Crippen LogP contribution in [0.5, 0.6) is 0 Å². The fourth-order valence-electron chi connectivity index (χ4n) is 3.54. The average Bonchev–Trinajstić information content (AvgIpc) is 3.20. The second-order valence-corrected chi connectivity index (χ2v) is 8.07. The zero-order valence-electron chi connectivity index (χ0n) is 13.2. The van der Waals surface area contributed by atoms with E-state index in [1.807, 2.05) is 7.05 Å². The van der Waals surface area contributed by atoms with Crippen molar-refractivity contribution >= 4 is 5.96 Å². The number of aliphatic imine (C=N–C) groups is 1. The van der Waals surface area contributed by atoms with Crippen molar-refractivity contribution in [3.8, 4) is 0 Å². The maximum absolute atomic E-state index is 4.51. The van der Waals surface area contributed by atoms with Gasteiger partial charge in [-0.15, -0.1) is 0 Å². The summed E-state index contributed by atoms with van der Waals surface area (Å²) in [6.07, 6.45) is 5.78. The number of rotatable bonds is 3. The van der Waals surface area contributed by atoms with Gasteiger partial charge in [0, 0.05) is 31.1 Å². The van der Waals surface area contributed by atoms with Gasteiger partial charge < -0.3 is 10.2 Å². The predicted octanol–water partition coefficient (Wildman–Crippen LogP) is 2.87. The molecular weight excluding hydrogens is 234 g/mol. The van der Waals surface area contributed by atoms with Gasteiger partial charge in [0.15, 0.2) is 5.96 Å². The Morgan fingerprint density at radius 1 is 1.21 bits per heavy atom. The van der Waals surface area contributed by atoms with E-state index >= 15 is 0 Å². The van der Waals surface area contributed by atoms with E-state index in [-0.39, 0.29) is 5.54 Å². The summed E-state index contributed by atoms with van der Waals surface area (Å²) in [6, 6.07) is 0. The third kappa shape index (κ3) is 1.96. The molecule has 3 fully saturated rings.